The van der Waals surface area contributed by atoms with Crippen LogP contribution in [-0.2, 0) is 42.9 Å². The van der Waals surface area contributed by atoms with Crippen molar-refractivity contribution in [3.05, 3.63) is 95.1 Å². The van der Waals surface area contributed by atoms with Gasteiger partial charge < -0.3 is 24.1 Å². The second-order valence-electron chi connectivity index (χ2n) is 8.79. The van der Waals surface area contributed by atoms with Crippen LogP contribution < -0.4 is 0 Å². The van der Waals surface area contributed by atoms with Crippen LogP contribution in [0.2, 0.25) is 0 Å². The first-order valence-electron chi connectivity index (χ1n) is 13.0. The molecule has 0 heterocycles. The number of ether oxygens (including phenoxy) is 4. The Kier molecular flexibility index (Phi) is 17.4. The lowest BCUT2D eigenvalue weighted by molar-refractivity contribution is -0.156. The third-order valence-corrected chi connectivity index (χ3v) is 5.07. The fourth-order valence-electron chi connectivity index (χ4n) is 3.07. The van der Waals surface area contributed by atoms with Gasteiger partial charge in [-0.2, -0.15) is 0 Å². The molecule has 0 bridgehead atoms. The van der Waals surface area contributed by atoms with Crippen molar-refractivity contribution in [3.8, 4) is 0 Å². The highest BCUT2D eigenvalue weighted by atomic mass is 16.6. The first-order chi connectivity index (χ1) is 19.6. The zero-order valence-electron chi connectivity index (χ0n) is 25.2. The number of hydrogen-bond donors (Lipinski definition) is 1. The summed E-state index contributed by atoms with van der Waals surface area (Å²) in [6.45, 7) is 18.7. The van der Waals surface area contributed by atoms with Gasteiger partial charge in [0.15, 0.2) is 6.10 Å². The Morgan fingerprint density at radius 1 is 0.667 bits per heavy atom. The summed E-state index contributed by atoms with van der Waals surface area (Å²) in [4.78, 5) is 53.8. The molecule has 2 aromatic carbocycles. The third-order valence-electron chi connectivity index (χ3n) is 5.07. The van der Waals surface area contributed by atoms with Gasteiger partial charge in [0.05, 0.1) is 24.4 Å². The van der Waals surface area contributed by atoms with Gasteiger partial charge in [-0.3, -0.25) is 14.4 Å². The zero-order chi connectivity index (χ0) is 32.4. The standard InChI is InChI=1S/C15H18O4.C13H16O3.C4H6O3/c1-5-18-15(17)11(3)14(19-12(4)16)13-8-6-10(2)7-9-13;1-4-16-13(15)10(3)12(14)11-7-5-9(2)6-8-11;1-3(5)7-4(2)6/h6-9,14H,3,5H2,1-2,4H3;5-8,12,14H,3-4H2,1-2H3;1-2H3. The molecule has 0 fully saturated rings. The molecule has 0 radical (unpaired) electrons. The van der Waals surface area contributed by atoms with Crippen LogP contribution in [0.5, 0.6) is 0 Å². The fraction of sp³-hybridized carbons (Fsp3) is 0.344. The molecule has 0 aliphatic carbocycles. The summed E-state index contributed by atoms with van der Waals surface area (Å²) in [5.74, 6) is -2.72. The molecule has 0 aliphatic rings. The number of carbonyl (C=O) groups excluding carboxylic acids is 5. The average Bonchev–Trinajstić information content (AvgIpc) is 2.91. The molecule has 2 unspecified atom stereocenters. The van der Waals surface area contributed by atoms with Gasteiger partial charge in [0.2, 0.25) is 0 Å². The molecular weight excluding hydrogens is 544 g/mol. The molecular formula is C32H40O10. The van der Waals surface area contributed by atoms with Crippen molar-refractivity contribution in [1.82, 2.24) is 0 Å². The van der Waals surface area contributed by atoms with E-state index in [0.717, 1.165) is 11.1 Å². The number of aryl methyl sites for hydroxylation is 2. The van der Waals surface area contributed by atoms with Crippen LogP contribution in [0.3, 0.4) is 0 Å². The van der Waals surface area contributed by atoms with E-state index in [1.165, 1.54) is 20.8 Å². The summed E-state index contributed by atoms with van der Waals surface area (Å²) in [6, 6.07) is 14.6. The number of rotatable bonds is 9. The number of esters is 5. The smallest absolute Gasteiger partial charge is 0.337 e. The quantitative estimate of drug-likeness (QED) is 0.186. The molecule has 0 aliphatic heterocycles. The maximum Gasteiger partial charge on any atom is 0.337 e. The van der Waals surface area contributed by atoms with Gasteiger partial charge in [0.25, 0.3) is 0 Å². The highest BCUT2D eigenvalue weighted by molar-refractivity contribution is 5.90. The molecule has 2 rings (SSSR count). The minimum atomic E-state index is -1.00. The monoisotopic (exact) mass is 584 g/mol. The maximum absolute atomic E-state index is 11.7. The number of aliphatic hydroxyl groups excluding tert-OH is 1. The molecule has 2 aromatic rings. The van der Waals surface area contributed by atoms with Gasteiger partial charge in [-0.15, -0.1) is 0 Å². The Morgan fingerprint density at radius 3 is 1.38 bits per heavy atom. The van der Waals surface area contributed by atoms with Gasteiger partial charge in [0.1, 0.15) is 6.10 Å². The van der Waals surface area contributed by atoms with Crippen molar-refractivity contribution < 1.29 is 48.0 Å². The van der Waals surface area contributed by atoms with Crippen molar-refractivity contribution in [2.45, 2.75) is 60.7 Å². The SMILES string of the molecule is C=C(C(=O)OCC)C(O)c1ccc(C)cc1.C=C(C(=O)OCC)C(OC(C)=O)c1ccc(C)cc1.CC(=O)OC(C)=O. The van der Waals surface area contributed by atoms with Crippen molar-refractivity contribution in [1.29, 1.82) is 0 Å². The molecule has 10 nitrogen and oxygen atoms in total. The summed E-state index contributed by atoms with van der Waals surface area (Å²) in [7, 11) is 0. The predicted octanol–water partition coefficient (Wildman–Crippen LogP) is 4.96. The Balaban J connectivity index is 0.000000661. The number of benzene rings is 2. The molecule has 0 aromatic heterocycles. The van der Waals surface area contributed by atoms with E-state index < -0.39 is 42.1 Å². The van der Waals surface area contributed by atoms with Crippen LogP contribution in [0.4, 0.5) is 0 Å². The van der Waals surface area contributed by atoms with Gasteiger partial charge in [-0.25, -0.2) is 9.59 Å². The molecule has 0 saturated carbocycles. The largest absolute Gasteiger partial charge is 0.463 e. The summed E-state index contributed by atoms with van der Waals surface area (Å²) in [6.07, 6.45) is -1.81. The van der Waals surface area contributed by atoms with E-state index in [0.29, 0.717) is 11.1 Å². The van der Waals surface area contributed by atoms with Crippen molar-refractivity contribution >= 4 is 29.8 Å². The summed E-state index contributed by atoms with van der Waals surface area (Å²) < 4.78 is 18.8. The summed E-state index contributed by atoms with van der Waals surface area (Å²) in [5.41, 5.74) is 3.68. The number of aliphatic hydroxyl groups is 1. The molecule has 228 valence electrons. The second-order valence-corrected chi connectivity index (χ2v) is 8.79. The zero-order valence-corrected chi connectivity index (χ0v) is 25.2. The molecule has 0 amide bonds. The summed E-state index contributed by atoms with van der Waals surface area (Å²) >= 11 is 0. The molecule has 0 saturated heterocycles. The topological polar surface area (TPSA) is 142 Å². The van der Waals surface area contributed by atoms with E-state index in [4.69, 9.17) is 14.2 Å². The Morgan fingerprint density at radius 2 is 1.05 bits per heavy atom. The molecule has 0 spiro atoms. The van der Waals surface area contributed by atoms with Crippen LogP contribution in [0.15, 0.2) is 72.8 Å². The lowest BCUT2D eigenvalue weighted by Gasteiger charge is -2.19. The fourth-order valence-corrected chi connectivity index (χ4v) is 3.07. The maximum atomic E-state index is 11.7. The van der Waals surface area contributed by atoms with E-state index in [2.05, 4.69) is 17.9 Å². The molecule has 42 heavy (non-hydrogen) atoms. The minimum Gasteiger partial charge on any atom is -0.463 e. The summed E-state index contributed by atoms with van der Waals surface area (Å²) in [5, 5.41) is 9.88. The molecule has 10 heteroatoms. The first-order valence-corrected chi connectivity index (χ1v) is 13.0. The van der Waals surface area contributed by atoms with Gasteiger partial charge in [-0.05, 0) is 38.8 Å². The Bertz CT molecular complexity index is 1210. The second kappa shape index (κ2) is 19.5. The van der Waals surface area contributed by atoms with Crippen LogP contribution in [0, 0.1) is 13.8 Å². The van der Waals surface area contributed by atoms with E-state index in [1.54, 1.807) is 38.1 Å². The Labute approximate surface area is 246 Å². The van der Waals surface area contributed by atoms with Crippen molar-refractivity contribution in [2.75, 3.05) is 13.2 Å². The normalized spacial score (nSPS) is 11.0. The highest BCUT2D eigenvalue weighted by Crippen LogP contribution is 2.26. The van der Waals surface area contributed by atoms with Crippen molar-refractivity contribution in [2.24, 2.45) is 0 Å². The van der Waals surface area contributed by atoms with Gasteiger partial charge in [-0.1, -0.05) is 72.8 Å². The highest BCUT2D eigenvalue weighted by Gasteiger charge is 2.24. The van der Waals surface area contributed by atoms with Gasteiger partial charge >= 0.3 is 29.8 Å². The van der Waals surface area contributed by atoms with E-state index in [9.17, 15) is 29.1 Å². The third kappa shape index (κ3) is 14.7. The predicted molar refractivity (Wildman–Crippen MR) is 156 cm³/mol. The van der Waals surface area contributed by atoms with Gasteiger partial charge in [0, 0.05) is 20.8 Å². The minimum absolute atomic E-state index is 0.0608. The van der Waals surface area contributed by atoms with Crippen LogP contribution >= 0.6 is 0 Å². The Hall–Kier alpha value is -4.57. The van der Waals surface area contributed by atoms with Crippen LogP contribution in [0.25, 0.3) is 0 Å². The van der Waals surface area contributed by atoms with Crippen LogP contribution in [0.1, 0.15) is 69.1 Å². The van der Waals surface area contributed by atoms with Crippen molar-refractivity contribution in [3.63, 3.8) is 0 Å². The van der Waals surface area contributed by atoms with Crippen LogP contribution in [-0.4, -0.2) is 48.2 Å². The number of carbonyl (C=O) groups is 5. The average molecular weight is 585 g/mol. The van der Waals surface area contributed by atoms with E-state index in [1.807, 2.05) is 38.1 Å². The number of hydrogen-bond acceptors (Lipinski definition) is 10. The van der Waals surface area contributed by atoms with E-state index >= 15 is 0 Å². The molecule has 1 N–H and O–H groups in total. The first kappa shape index (κ1) is 37.4. The van der Waals surface area contributed by atoms with E-state index in [-0.39, 0.29) is 24.4 Å². The lowest BCUT2D eigenvalue weighted by Crippen LogP contribution is -2.18. The lowest BCUT2D eigenvalue weighted by atomic mass is 10.0. The molecule has 2 atom stereocenters.